The summed E-state index contributed by atoms with van der Waals surface area (Å²) < 4.78 is 41.9. The van der Waals surface area contributed by atoms with Gasteiger partial charge >= 0.3 is 5.84 Å². The normalized spacial score (nSPS) is 16.1. The first kappa shape index (κ1) is 28.3. The topological polar surface area (TPSA) is 118 Å². The number of nitrogens with one attached hydrogen (secondary N) is 1. The molecule has 0 spiro atoms. The third kappa shape index (κ3) is 6.56. The Hall–Kier alpha value is -4.26. The van der Waals surface area contributed by atoms with Gasteiger partial charge < -0.3 is 14.5 Å². The van der Waals surface area contributed by atoms with Crippen LogP contribution in [-0.2, 0) is 27.9 Å². The lowest BCUT2D eigenvalue weighted by atomic mass is 10.1. The van der Waals surface area contributed by atoms with Gasteiger partial charge in [-0.05, 0) is 30.2 Å². The zero-order valence-corrected chi connectivity index (χ0v) is 23.7. The summed E-state index contributed by atoms with van der Waals surface area (Å²) in [5.74, 6) is 1.56. The van der Waals surface area contributed by atoms with Gasteiger partial charge in [-0.3, -0.25) is 4.40 Å². The van der Waals surface area contributed by atoms with E-state index in [-0.39, 0.29) is 0 Å². The van der Waals surface area contributed by atoms with E-state index < -0.39 is 10.2 Å². The molecule has 1 saturated heterocycles. The van der Waals surface area contributed by atoms with Gasteiger partial charge in [-0.15, -0.1) is 6.58 Å². The molecule has 0 bridgehead atoms. The second-order valence-corrected chi connectivity index (χ2v) is 11.3. The fourth-order valence-corrected chi connectivity index (χ4v) is 6.19. The van der Waals surface area contributed by atoms with E-state index in [1.807, 2.05) is 65.1 Å². The largest absolute Gasteiger partial charge is 0.497 e. The van der Waals surface area contributed by atoms with Gasteiger partial charge in [-0.2, -0.15) is 22.0 Å². The molecular formula is C29H33N7O4S. The smallest absolute Gasteiger partial charge is 0.306 e. The average Bonchev–Trinajstić information content (AvgIpc) is 3.65. The Morgan fingerprint density at radius 1 is 1.17 bits per heavy atom. The van der Waals surface area contributed by atoms with Crippen LogP contribution in [-0.4, -0.2) is 69.7 Å². The monoisotopic (exact) mass is 575 g/mol. The molecule has 0 saturated carbocycles. The van der Waals surface area contributed by atoms with E-state index in [1.165, 1.54) is 8.61 Å². The minimum Gasteiger partial charge on any atom is -0.497 e. The van der Waals surface area contributed by atoms with Gasteiger partial charge in [0.1, 0.15) is 12.0 Å². The van der Waals surface area contributed by atoms with Crippen molar-refractivity contribution in [3.05, 3.63) is 103 Å². The lowest BCUT2D eigenvalue weighted by Crippen LogP contribution is -2.35. The number of oxazole rings is 1. The van der Waals surface area contributed by atoms with E-state index in [9.17, 15) is 8.42 Å². The number of anilines is 1. The van der Waals surface area contributed by atoms with E-state index >= 15 is 0 Å². The Kier molecular flexibility index (Phi) is 8.92. The molecule has 0 aliphatic carbocycles. The van der Waals surface area contributed by atoms with E-state index in [4.69, 9.17) is 14.1 Å². The Morgan fingerprint density at radius 2 is 2.00 bits per heavy atom. The number of aromatic nitrogens is 4. The quantitative estimate of drug-likeness (QED) is 0.144. The molecule has 4 aromatic rings. The van der Waals surface area contributed by atoms with Crippen molar-refractivity contribution in [3.8, 4) is 11.4 Å². The van der Waals surface area contributed by atoms with Crippen molar-refractivity contribution in [2.45, 2.75) is 19.4 Å². The number of rotatable bonds is 13. The minimum atomic E-state index is -3.53. The zero-order chi connectivity index (χ0) is 28.7. The third-order valence-corrected chi connectivity index (χ3v) is 8.63. The Balaban J connectivity index is 1.27. The van der Waals surface area contributed by atoms with Gasteiger partial charge in [-0.1, -0.05) is 42.5 Å². The SMILES string of the molecule is C=CC/C=C\C(=C/Cc1nc2occn2c1-c1ccnc(NCCN2CCN(Cc3ccccc3)S2(=O)=O)n1)OC. The summed E-state index contributed by atoms with van der Waals surface area (Å²) in [6, 6.07) is 11.4. The lowest BCUT2D eigenvalue weighted by Gasteiger charge is -2.19. The maximum absolute atomic E-state index is 13.0. The molecule has 1 N–H and O–H groups in total. The maximum Gasteiger partial charge on any atom is 0.306 e. The number of hydrogen-bond donors (Lipinski definition) is 1. The highest BCUT2D eigenvalue weighted by Crippen LogP contribution is 2.26. The lowest BCUT2D eigenvalue weighted by molar-refractivity contribution is 0.305. The maximum atomic E-state index is 13.0. The van der Waals surface area contributed by atoms with Crippen molar-refractivity contribution in [1.82, 2.24) is 28.0 Å². The molecule has 1 aliphatic rings. The Morgan fingerprint density at radius 3 is 2.80 bits per heavy atom. The predicted molar refractivity (Wildman–Crippen MR) is 157 cm³/mol. The second-order valence-electron chi connectivity index (χ2n) is 9.32. The van der Waals surface area contributed by atoms with E-state index in [0.717, 1.165) is 23.4 Å². The van der Waals surface area contributed by atoms with Crippen LogP contribution in [0.5, 0.6) is 0 Å². The molecule has 3 aromatic heterocycles. The van der Waals surface area contributed by atoms with Crippen molar-refractivity contribution in [1.29, 1.82) is 0 Å². The third-order valence-electron chi connectivity index (χ3n) is 6.65. The van der Waals surface area contributed by atoms with Crippen molar-refractivity contribution >= 4 is 22.0 Å². The summed E-state index contributed by atoms with van der Waals surface area (Å²) in [5, 5.41) is 3.18. The summed E-state index contributed by atoms with van der Waals surface area (Å²) in [4.78, 5) is 13.7. The van der Waals surface area contributed by atoms with E-state index in [2.05, 4.69) is 21.9 Å². The fraction of sp³-hybridized carbons (Fsp3) is 0.276. The highest BCUT2D eigenvalue weighted by atomic mass is 32.2. The molecule has 1 aliphatic heterocycles. The van der Waals surface area contributed by atoms with Crippen molar-refractivity contribution in [2.75, 3.05) is 38.6 Å². The first-order chi connectivity index (χ1) is 20.0. The minimum absolute atomic E-state index is 0.301. The molecule has 4 heterocycles. The summed E-state index contributed by atoms with van der Waals surface area (Å²) in [7, 11) is -1.91. The molecule has 0 amide bonds. The van der Waals surface area contributed by atoms with E-state index in [1.54, 1.807) is 25.8 Å². The summed E-state index contributed by atoms with van der Waals surface area (Å²) in [6.07, 6.45) is 13.9. The molecule has 5 rings (SSSR count). The van der Waals surface area contributed by atoms with Crippen LogP contribution in [0.1, 0.15) is 17.7 Å². The number of benzene rings is 1. The Bertz CT molecular complexity index is 1640. The van der Waals surface area contributed by atoms with Crippen molar-refractivity contribution in [3.63, 3.8) is 0 Å². The van der Waals surface area contributed by atoms with Crippen LogP contribution in [0.15, 0.2) is 96.1 Å². The molecule has 41 heavy (non-hydrogen) atoms. The summed E-state index contributed by atoms with van der Waals surface area (Å²) >= 11 is 0. The molecule has 12 heteroatoms. The standard InChI is InChI=1S/C29H33N7O4S/c1-3-4-6-11-24(39-2)12-13-25-27(36-20-21-40-29(36)33-25)26-14-15-30-28(32-26)31-16-17-34-18-19-35(41(34,37)38)22-23-9-7-5-8-10-23/h3,5-12,14-15,20-21H,1,4,13,16-19,22H2,2H3,(H,30,31,32)/b11-6-,24-12+. The number of ether oxygens (including phenoxy) is 1. The van der Waals surface area contributed by atoms with Gasteiger partial charge in [0.15, 0.2) is 0 Å². The molecule has 214 valence electrons. The van der Waals surface area contributed by atoms with Gasteiger partial charge in [0.05, 0.1) is 24.2 Å². The van der Waals surface area contributed by atoms with E-state index in [0.29, 0.717) is 62.4 Å². The van der Waals surface area contributed by atoms with Crippen LogP contribution in [0.25, 0.3) is 17.2 Å². The predicted octanol–water partition coefficient (Wildman–Crippen LogP) is 4.06. The first-order valence-electron chi connectivity index (χ1n) is 13.3. The molecule has 1 aromatic carbocycles. The van der Waals surface area contributed by atoms with Gasteiger partial charge in [0.25, 0.3) is 10.2 Å². The highest BCUT2D eigenvalue weighted by molar-refractivity contribution is 7.87. The fourth-order valence-electron chi connectivity index (χ4n) is 4.60. The molecule has 1 fully saturated rings. The van der Waals surface area contributed by atoms with Crippen LogP contribution in [0.3, 0.4) is 0 Å². The van der Waals surface area contributed by atoms with Crippen LogP contribution >= 0.6 is 0 Å². The highest BCUT2D eigenvalue weighted by Gasteiger charge is 2.35. The van der Waals surface area contributed by atoms with Gasteiger partial charge in [0, 0.05) is 51.5 Å². The first-order valence-corrected chi connectivity index (χ1v) is 14.7. The van der Waals surface area contributed by atoms with Crippen molar-refractivity contribution in [2.24, 2.45) is 0 Å². The molecular weight excluding hydrogens is 542 g/mol. The number of allylic oxidation sites excluding steroid dienone is 4. The number of imidazole rings is 1. The molecule has 0 unspecified atom stereocenters. The Labute approximate surface area is 239 Å². The number of fused-ring (bicyclic) bond motifs is 1. The summed E-state index contributed by atoms with van der Waals surface area (Å²) in [5.41, 5.74) is 3.16. The summed E-state index contributed by atoms with van der Waals surface area (Å²) in [6.45, 7) is 5.64. The van der Waals surface area contributed by atoms with Gasteiger partial charge in [-0.25, -0.2) is 9.97 Å². The number of methoxy groups -OCH3 is 1. The molecule has 0 radical (unpaired) electrons. The van der Waals surface area contributed by atoms with Crippen LogP contribution in [0.2, 0.25) is 0 Å². The number of hydrogen-bond acceptors (Lipinski definition) is 8. The second kappa shape index (κ2) is 12.9. The molecule has 11 nitrogen and oxygen atoms in total. The average molecular weight is 576 g/mol. The van der Waals surface area contributed by atoms with Crippen LogP contribution in [0, 0.1) is 0 Å². The molecule has 0 atom stereocenters. The number of nitrogens with zero attached hydrogens (tertiary/aromatic N) is 6. The van der Waals surface area contributed by atoms with Crippen molar-refractivity contribution < 1.29 is 17.6 Å². The van der Waals surface area contributed by atoms with Gasteiger partial charge in [0.2, 0.25) is 5.95 Å². The van der Waals surface area contributed by atoms with Crippen LogP contribution < -0.4 is 5.32 Å². The zero-order valence-electron chi connectivity index (χ0n) is 22.9. The van der Waals surface area contributed by atoms with Crippen LogP contribution in [0.4, 0.5) is 5.95 Å².